The lowest BCUT2D eigenvalue weighted by Crippen LogP contribution is -1.86. The van der Waals surface area contributed by atoms with Crippen LogP contribution in [0.15, 0.2) is 54.6 Å². The van der Waals surface area contributed by atoms with Gasteiger partial charge in [0.15, 0.2) is 0 Å². The summed E-state index contributed by atoms with van der Waals surface area (Å²) in [5, 5.41) is 5.49. The minimum absolute atomic E-state index is 0.561. The van der Waals surface area contributed by atoms with E-state index in [0.717, 1.165) is 0 Å². The number of hydrogen-bond acceptors (Lipinski definition) is 1. The highest BCUT2D eigenvalue weighted by molar-refractivity contribution is 7.25. The van der Waals surface area contributed by atoms with Gasteiger partial charge in [0.25, 0.3) is 0 Å². The van der Waals surface area contributed by atoms with Crippen molar-refractivity contribution in [1.82, 2.24) is 4.57 Å². The fraction of sp³-hybridized carbons (Fsp3) is 0.182. The highest BCUT2D eigenvalue weighted by atomic mass is 32.1. The molecule has 2 aromatic heterocycles. The molecular formula is C22H19NS. The van der Waals surface area contributed by atoms with Crippen LogP contribution >= 0.6 is 11.3 Å². The zero-order chi connectivity index (χ0) is 16.4. The highest BCUT2D eigenvalue weighted by Gasteiger charge is 2.13. The fourth-order valence-electron chi connectivity index (χ4n) is 3.81. The van der Waals surface area contributed by atoms with Gasteiger partial charge in [-0.1, -0.05) is 38.1 Å². The maximum absolute atomic E-state index is 2.40. The molecule has 2 heterocycles. The minimum atomic E-state index is 0.561. The Balaban J connectivity index is 1.96. The predicted octanol–water partition coefficient (Wildman–Crippen LogP) is 6.82. The fourth-order valence-corrected chi connectivity index (χ4v) is 4.91. The number of aryl methyl sites for hydroxylation is 1. The summed E-state index contributed by atoms with van der Waals surface area (Å²) in [6, 6.07) is 20.4. The van der Waals surface area contributed by atoms with Gasteiger partial charge in [0.05, 0.1) is 5.52 Å². The summed E-state index contributed by atoms with van der Waals surface area (Å²) in [6.07, 6.45) is 0. The van der Waals surface area contributed by atoms with Gasteiger partial charge in [-0.15, -0.1) is 11.3 Å². The second-order valence-electron chi connectivity index (χ2n) is 6.95. The van der Waals surface area contributed by atoms with Gasteiger partial charge in [-0.2, -0.15) is 0 Å². The molecule has 5 rings (SSSR count). The molecule has 0 radical (unpaired) electrons. The van der Waals surface area contributed by atoms with Crippen LogP contribution in [0.1, 0.15) is 25.3 Å². The number of hydrogen-bond donors (Lipinski definition) is 0. The number of aromatic nitrogens is 1. The Morgan fingerprint density at radius 2 is 1.54 bits per heavy atom. The molecule has 0 spiro atoms. The van der Waals surface area contributed by atoms with Crippen molar-refractivity contribution in [2.75, 3.05) is 0 Å². The van der Waals surface area contributed by atoms with E-state index in [9.17, 15) is 0 Å². The molecule has 5 aromatic rings. The van der Waals surface area contributed by atoms with E-state index in [1.165, 1.54) is 47.5 Å². The van der Waals surface area contributed by atoms with Gasteiger partial charge in [-0.05, 0) is 41.8 Å². The number of rotatable bonds is 1. The van der Waals surface area contributed by atoms with Gasteiger partial charge in [-0.25, -0.2) is 0 Å². The van der Waals surface area contributed by atoms with Crippen LogP contribution in [0.25, 0.3) is 42.0 Å². The Hall–Kier alpha value is -2.32. The van der Waals surface area contributed by atoms with E-state index < -0.39 is 0 Å². The average molecular weight is 329 g/mol. The first-order chi connectivity index (χ1) is 11.6. The molecule has 0 saturated carbocycles. The molecule has 0 bridgehead atoms. The van der Waals surface area contributed by atoms with E-state index in [0.29, 0.717) is 5.92 Å². The third kappa shape index (κ3) is 1.81. The summed E-state index contributed by atoms with van der Waals surface area (Å²) in [5.74, 6) is 0.561. The van der Waals surface area contributed by atoms with Crippen molar-refractivity contribution >= 4 is 53.3 Å². The van der Waals surface area contributed by atoms with Crippen LogP contribution in [0, 0.1) is 0 Å². The number of fused-ring (bicyclic) bond motifs is 6. The van der Waals surface area contributed by atoms with Crippen molar-refractivity contribution in [3.63, 3.8) is 0 Å². The summed E-state index contributed by atoms with van der Waals surface area (Å²) in [7, 11) is 2.17. The zero-order valence-corrected chi connectivity index (χ0v) is 14.9. The number of para-hydroxylation sites is 1. The first-order valence-corrected chi connectivity index (χ1v) is 9.28. The maximum atomic E-state index is 2.40. The quantitative estimate of drug-likeness (QED) is 0.318. The molecule has 118 valence electrons. The van der Waals surface area contributed by atoms with Gasteiger partial charge in [0.2, 0.25) is 0 Å². The van der Waals surface area contributed by atoms with Gasteiger partial charge in [0.1, 0.15) is 0 Å². The predicted molar refractivity (Wildman–Crippen MR) is 107 cm³/mol. The van der Waals surface area contributed by atoms with Crippen molar-refractivity contribution in [1.29, 1.82) is 0 Å². The number of nitrogens with zero attached hydrogens (tertiary/aromatic N) is 1. The normalized spacial score (nSPS) is 12.3. The molecule has 0 aliphatic carbocycles. The molecule has 0 unspecified atom stereocenters. The van der Waals surface area contributed by atoms with Crippen molar-refractivity contribution in [3.8, 4) is 0 Å². The number of thiophene rings is 1. The summed E-state index contributed by atoms with van der Waals surface area (Å²) in [5.41, 5.74) is 4.04. The lowest BCUT2D eigenvalue weighted by molar-refractivity contribution is 0.869. The molecule has 0 aliphatic heterocycles. The second-order valence-corrected chi connectivity index (χ2v) is 8.04. The van der Waals surface area contributed by atoms with Crippen molar-refractivity contribution < 1.29 is 0 Å². The Labute approximate surface area is 145 Å². The Bertz CT molecular complexity index is 1240. The smallest absolute Gasteiger partial charge is 0.0503 e. The molecule has 0 fully saturated rings. The van der Waals surface area contributed by atoms with E-state index in [4.69, 9.17) is 0 Å². The first-order valence-electron chi connectivity index (χ1n) is 8.47. The van der Waals surface area contributed by atoms with Crippen molar-refractivity contribution in [2.24, 2.45) is 7.05 Å². The largest absolute Gasteiger partial charge is 0.344 e. The summed E-state index contributed by atoms with van der Waals surface area (Å²) < 4.78 is 5.08. The second kappa shape index (κ2) is 4.84. The Kier molecular flexibility index (Phi) is 2.84. The van der Waals surface area contributed by atoms with Crippen LogP contribution in [0.3, 0.4) is 0 Å². The van der Waals surface area contributed by atoms with E-state index in [1.54, 1.807) is 0 Å². The zero-order valence-electron chi connectivity index (χ0n) is 14.1. The molecule has 0 N–H and O–H groups in total. The van der Waals surface area contributed by atoms with Gasteiger partial charge >= 0.3 is 0 Å². The number of benzene rings is 3. The summed E-state index contributed by atoms with van der Waals surface area (Å²) in [4.78, 5) is 0. The van der Waals surface area contributed by atoms with Crippen molar-refractivity contribution in [3.05, 3.63) is 60.2 Å². The molecule has 24 heavy (non-hydrogen) atoms. The maximum Gasteiger partial charge on any atom is 0.0503 e. The van der Waals surface area contributed by atoms with E-state index in [-0.39, 0.29) is 0 Å². The molecule has 0 atom stereocenters. The van der Waals surface area contributed by atoms with Crippen LogP contribution in [-0.2, 0) is 7.05 Å². The van der Waals surface area contributed by atoms with Crippen LogP contribution in [0.5, 0.6) is 0 Å². The average Bonchev–Trinajstić information content (AvgIpc) is 3.09. The lowest BCUT2D eigenvalue weighted by Gasteiger charge is -2.04. The van der Waals surface area contributed by atoms with Gasteiger partial charge in [0, 0.05) is 43.5 Å². The highest BCUT2D eigenvalue weighted by Crippen LogP contribution is 2.40. The molecule has 3 aromatic carbocycles. The standard InChI is InChI=1S/C22H19NS/c1-13(2)14-8-9-21-17(10-14)18-11-16-15-6-4-5-7-19(15)23(3)20(16)12-22(18)24-21/h4-13H,1-3H3. The summed E-state index contributed by atoms with van der Waals surface area (Å²) in [6.45, 7) is 4.53. The van der Waals surface area contributed by atoms with Crippen molar-refractivity contribution in [2.45, 2.75) is 19.8 Å². The van der Waals surface area contributed by atoms with Gasteiger partial charge < -0.3 is 4.57 Å². The minimum Gasteiger partial charge on any atom is -0.344 e. The van der Waals surface area contributed by atoms with Crippen LogP contribution in [0.4, 0.5) is 0 Å². The molecule has 0 saturated heterocycles. The Morgan fingerprint density at radius 3 is 2.38 bits per heavy atom. The monoisotopic (exact) mass is 329 g/mol. The van der Waals surface area contributed by atoms with Crippen LogP contribution in [-0.4, -0.2) is 4.57 Å². The molecule has 1 nitrogen and oxygen atoms in total. The SMILES string of the molecule is CC(C)c1ccc2sc3cc4c(cc3c2c1)c1ccccc1n4C. The molecule has 0 amide bonds. The molecule has 0 aliphatic rings. The lowest BCUT2D eigenvalue weighted by atomic mass is 10.0. The van der Waals surface area contributed by atoms with E-state index in [2.05, 4.69) is 80.1 Å². The van der Waals surface area contributed by atoms with Crippen LogP contribution < -0.4 is 0 Å². The first kappa shape index (κ1) is 14.1. The van der Waals surface area contributed by atoms with Gasteiger partial charge in [-0.3, -0.25) is 0 Å². The topological polar surface area (TPSA) is 4.93 Å². The summed E-state index contributed by atoms with van der Waals surface area (Å²) >= 11 is 1.90. The third-order valence-corrected chi connectivity index (χ3v) is 6.33. The Morgan fingerprint density at radius 1 is 0.750 bits per heavy atom. The van der Waals surface area contributed by atoms with E-state index >= 15 is 0 Å². The molecular weight excluding hydrogens is 310 g/mol. The third-order valence-electron chi connectivity index (χ3n) is 5.20. The van der Waals surface area contributed by atoms with E-state index in [1.807, 2.05) is 11.3 Å². The van der Waals surface area contributed by atoms with Crippen LogP contribution in [0.2, 0.25) is 0 Å². The molecule has 2 heteroatoms.